The van der Waals surface area contributed by atoms with Crippen LogP contribution in [-0.4, -0.2) is 19.8 Å². The SMILES string of the molecule is CS(=O)(=O)Cc1ccc(O)c(Cl)c1. The molecule has 72 valence electrons. The number of benzene rings is 1. The Bertz CT molecular complexity index is 411. The average Bonchev–Trinajstić information content (AvgIpc) is 1.94. The number of halogens is 1. The van der Waals surface area contributed by atoms with Crippen molar-refractivity contribution in [3.63, 3.8) is 0 Å². The van der Waals surface area contributed by atoms with Crippen molar-refractivity contribution in [3.05, 3.63) is 28.8 Å². The average molecular weight is 221 g/mol. The summed E-state index contributed by atoms with van der Waals surface area (Å²) in [5, 5.41) is 9.23. The normalized spacial score (nSPS) is 11.5. The van der Waals surface area contributed by atoms with Crippen molar-refractivity contribution in [2.24, 2.45) is 0 Å². The Hall–Kier alpha value is -0.740. The van der Waals surface area contributed by atoms with Crippen molar-refractivity contribution in [1.29, 1.82) is 0 Å². The molecule has 1 N–H and O–H groups in total. The van der Waals surface area contributed by atoms with Crippen LogP contribution in [0.25, 0.3) is 0 Å². The first kappa shape index (κ1) is 10.3. The van der Waals surface area contributed by atoms with Gasteiger partial charge in [0.1, 0.15) is 5.75 Å². The van der Waals surface area contributed by atoms with Crippen LogP contribution in [0.2, 0.25) is 5.02 Å². The van der Waals surface area contributed by atoms with E-state index in [0.717, 1.165) is 6.26 Å². The smallest absolute Gasteiger partial charge is 0.151 e. The molecule has 0 aliphatic heterocycles. The van der Waals surface area contributed by atoms with Crippen LogP contribution in [0.4, 0.5) is 0 Å². The van der Waals surface area contributed by atoms with Gasteiger partial charge in [0.15, 0.2) is 9.84 Å². The van der Waals surface area contributed by atoms with E-state index in [9.17, 15) is 8.42 Å². The largest absolute Gasteiger partial charge is 0.506 e. The number of aromatic hydroxyl groups is 1. The second-order valence-corrected chi connectivity index (χ2v) is 5.40. The molecule has 0 amide bonds. The summed E-state index contributed by atoms with van der Waals surface area (Å²) >= 11 is 5.60. The van der Waals surface area contributed by atoms with Crippen molar-refractivity contribution in [1.82, 2.24) is 0 Å². The first-order valence-corrected chi connectivity index (χ1v) is 5.97. The van der Waals surface area contributed by atoms with Gasteiger partial charge in [0.2, 0.25) is 0 Å². The molecule has 0 saturated carbocycles. The van der Waals surface area contributed by atoms with E-state index < -0.39 is 9.84 Å². The summed E-state index contributed by atoms with van der Waals surface area (Å²) in [6, 6.07) is 4.35. The molecule has 0 fully saturated rings. The lowest BCUT2D eigenvalue weighted by atomic mass is 10.2. The Kier molecular flexibility index (Phi) is 2.83. The molecular formula is C8H9ClO3S. The molecule has 5 heteroatoms. The lowest BCUT2D eigenvalue weighted by molar-refractivity contribution is 0.475. The molecular weight excluding hydrogens is 212 g/mol. The number of hydrogen-bond donors (Lipinski definition) is 1. The predicted molar refractivity (Wildman–Crippen MR) is 51.7 cm³/mol. The third kappa shape index (κ3) is 3.24. The van der Waals surface area contributed by atoms with Gasteiger partial charge in [-0.2, -0.15) is 0 Å². The molecule has 0 aliphatic rings. The quantitative estimate of drug-likeness (QED) is 0.824. The predicted octanol–water partition coefficient (Wildman–Crippen LogP) is 1.59. The summed E-state index contributed by atoms with van der Waals surface area (Å²) in [7, 11) is -3.05. The maximum Gasteiger partial charge on any atom is 0.151 e. The van der Waals surface area contributed by atoms with Crippen LogP contribution in [0.1, 0.15) is 5.56 Å². The van der Waals surface area contributed by atoms with Gasteiger partial charge in [-0.3, -0.25) is 0 Å². The van der Waals surface area contributed by atoms with Gasteiger partial charge in [-0.1, -0.05) is 17.7 Å². The van der Waals surface area contributed by atoms with E-state index in [1.807, 2.05) is 0 Å². The Morgan fingerprint density at radius 2 is 2.08 bits per heavy atom. The molecule has 1 aromatic rings. The van der Waals surface area contributed by atoms with Gasteiger partial charge in [0, 0.05) is 6.26 Å². The number of sulfone groups is 1. The molecule has 0 radical (unpaired) electrons. The fourth-order valence-electron chi connectivity index (χ4n) is 0.943. The van der Waals surface area contributed by atoms with Crippen LogP contribution in [0.15, 0.2) is 18.2 Å². The highest BCUT2D eigenvalue weighted by Crippen LogP contribution is 2.24. The van der Waals surface area contributed by atoms with Crippen LogP contribution < -0.4 is 0 Å². The molecule has 0 aromatic heterocycles. The van der Waals surface area contributed by atoms with E-state index in [4.69, 9.17) is 16.7 Å². The molecule has 0 unspecified atom stereocenters. The van der Waals surface area contributed by atoms with E-state index in [1.165, 1.54) is 18.2 Å². The fourth-order valence-corrected chi connectivity index (χ4v) is 1.93. The van der Waals surface area contributed by atoms with Crippen molar-refractivity contribution in [3.8, 4) is 5.75 Å². The molecule has 0 spiro atoms. The van der Waals surface area contributed by atoms with Gasteiger partial charge in [0.25, 0.3) is 0 Å². The second-order valence-electron chi connectivity index (χ2n) is 2.86. The van der Waals surface area contributed by atoms with E-state index in [-0.39, 0.29) is 16.5 Å². The Labute approximate surface area is 81.9 Å². The standard InChI is InChI=1S/C8H9ClO3S/c1-13(11,12)5-6-2-3-8(10)7(9)4-6/h2-4,10H,5H2,1H3. The summed E-state index contributed by atoms with van der Waals surface area (Å²) in [6.07, 6.45) is 1.15. The summed E-state index contributed by atoms with van der Waals surface area (Å²) in [5.74, 6) is -0.105. The Balaban J connectivity index is 2.99. The van der Waals surface area contributed by atoms with Crippen molar-refractivity contribution in [2.45, 2.75) is 5.75 Å². The third-order valence-electron chi connectivity index (χ3n) is 1.44. The van der Waals surface area contributed by atoms with Crippen molar-refractivity contribution >= 4 is 21.4 Å². The van der Waals surface area contributed by atoms with Crippen molar-refractivity contribution in [2.75, 3.05) is 6.26 Å². The van der Waals surface area contributed by atoms with Gasteiger partial charge >= 0.3 is 0 Å². The summed E-state index contributed by atoms with van der Waals surface area (Å²) in [6.45, 7) is 0. The summed E-state index contributed by atoms with van der Waals surface area (Å²) in [4.78, 5) is 0. The van der Waals surface area contributed by atoms with Gasteiger partial charge < -0.3 is 5.11 Å². The summed E-state index contributed by atoms with van der Waals surface area (Å²) in [5.41, 5.74) is 0.574. The highest BCUT2D eigenvalue weighted by Gasteiger charge is 2.06. The highest BCUT2D eigenvalue weighted by atomic mass is 35.5. The maximum atomic E-state index is 10.9. The molecule has 0 heterocycles. The van der Waals surface area contributed by atoms with Crippen molar-refractivity contribution < 1.29 is 13.5 Å². The van der Waals surface area contributed by atoms with E-state index in [2.05, 4.69) is 0 Å². The molecule has 3 nitrogen and oxygen atoms in total. The number of rotatable bonds is 2. The molecule has 0 bridgehead atoms. The zero-order chi connectivity index (χ0) is 10.1. The van der Waals surface area contributed by atoms with Crippen LogP contribution in [-0.2, 0) is 15.6 Å². The van der Waals surface area contributed by atoms with Gasteiger partial charge in [-0.25, -0.2) is 8.42 Å². The molecule has 0 saturated heterocycles. The van der Waals surface area contributed by atoms with E-state index >= 15 is 0 Å². The lowest BCUT2D eigenvalue weighted by Crippen LogP contribution is -2.00. The minimum absolute atomic E-state index is 0.0427. The highest BCUT2D eigenvalue weighted by molar-refractivity contribution is 7.89. The molecule has 0 atom stereocenters. The maximum absolute atomic E-state index is 10.9. The molecule has 1 rings (SSSR count). The van der Waals surface area contributed by atoms with Crippen LogP contribution in [0.3, 0.4) is 0 Å². The number of phenols is 1. The van der Waals surface area contributed by atoms with E-state index in [1.54, 1.807) is 0 Å². The van der Waals surface area contributed by atoms with Crippen LogP contribution >= 0.6 is 11.6 Å². The lowest BCUT2D eigenvalue weighted by Gasteiger charge is -2.01. The van der Waals surface area contributed by atoms with E-state index in [0.29, 0.717) is 5.56 Å². The zero-order valence-corrected chi connectivity index (χ0v) is 8.56. The van der Waals surface area contributed by atoms with Crippen LogP contribution in [0.5, 0.6) is 5.75 Å². The number of hydrogen-bond acceptors (Lipinski definition) is 3. The summed E-state index contributed by atoms with van der Waals surface area (Å²) < 4.78 is 21.8. The second kappa shape index (κ2) is 3.55. The molecule has 0 aliphatic carbocycles. The topological polar surface area (TPSA) is 54.4 Å². The first-order chi connectivity index (χ1) is 5.88. The van der Waals surface area contributed by atoms with Crippen LogP contribution in [0, 0.1) is 0 Å². The minimum Gasteiger partial charge on any atom is -0.506 e. The minimum atomic E-state index is -3.05. The fraction of sp³-hybridized carbons (Fsp3) is 0.250. The third-order valence-corrected chi connectivity index (χ3v) is 2.60. The number of phenolic OH excluding ortho intramolecular Hbond substituents is 1. The Morgan fingerprint density at radius 3 is 2.54 bits per heavy atom. The molecule has 13 heavy (non-hydrogen) atoms. The Morgan fingerprint density at radius 1 is 1.46 bits per heavy atom. The first-order valence-electron chi connectivity index (χ1n) is 3.53. The zero-order valence-electron chi connectivity index (χ0n) is 6.99. The van der Waals surface area contributed by atoms with Gasteiger partial charge in [-0.15, -0.1) is 0 Å². The van der Waals surface area contributed by atoms with Gasteiger partial charge in [-0.05, 0) is 17.7 Å². The monoisotopic (exact) mass is 220 g/mol. The molecule has 1 aromatic carbocycles. The van der Waals surface area contributed by atoms with Gasteiger partial charge in [0.05, 0.1) is 10.8 Å².